The lowest BCUT2D eigenvalue weighted by Gasteiger charge is -2.21. The van der Waals surface area contributed by atoms with E-state index in [1.165, 1.54) is 56.1 Å². The average Bonchev–Trinajstić information content (AvgIpc) is 2.95. The van der Waals surface area contributed by atoms with Crippen molar-refractivity contribution in [2.75, 3.05) is 6.54 Å². The van der Waals surface area contributed by atoms with Crippen LogP contribution in [0.15, 0.2) is 58.6 Å². The SMILES string of the molecule is O=C(O)CC1=C2C=C(c3ccc(CCC4CCCCC4)cc3)C=CC2CCN=C1. The van der Waals surface area contributed by atoms with E-state index in [4.69, 9.17) is 0 Å². The number of benzene rings is 1. The van der Waals surface area contributed by atoms with E-state index in [-0.39, 0.29) is 12.3 Å². The first-order valence-corrected chi connectivity index (χ1v) is 11.1. The lowest BCUT2D eigenvalue weighted by molar-refractivity contribution is -0.136. The van der Waals surface area contributed by atoms with Crippen LogP contribution < -0.4 is 0 Å². The minimum absolute atomic E-state index is 0.0348. The summed E-state index contributed by atoms with van der Waals surface area (Å²) in [6.45, 7) is 0.750. The van der Waals surface area contributed by atoms with Crippen molar-refractivity contribution in [1.82, 2.24) is 0 Å². The molecule has 1 saturated carbocycles. The molecular formula is C26H31NO2. The summed E-state index contributed by atoms with van der Waals surface area (Å²) in [6, 6.07) is 8.96. The molecule has 152 valence electrons. The normalized spacial score (nSPS) is 22.2. The van der Waals surface area contributed by atoms with Crippen molar-refractivity contribution in [3.8, 4) is 0 Å². The van der Waals surface area contributed by atoms with Crippen molar-refractivity contribution < 1.29 is 9.90 Å². The number of carboxylic acids is 1. The van der Waals surface area contributed by atoms with E-state index in [0.29, 0.717) is 0 Å². The maximum absolute atomic E-state index is 11.3. The third kappa shape index (κ3) is 5.14. The van der Waals surface area contributed by atoms with Crippen LogP contribution in [-0.4, -0.2) is 23.8 Å². The standard InChI is InChI=1S/C26H31NO2/c28-26(29)17-24-18-27-15-14-22-12-13-23(16-25(22)24)21-10-8-20(9-11-21)7-6-19-4-2-1-3-5-19/h8-13,16,18-19,22H,1-7,14-15,17H2,(H,28,29). The fraction of sp³-hybridized carbons (Fsp3) is 0.462. The molecule has 1 aromatic rings. The number of carbonyl (C=O) groups is 1. The molecule has 0 radical (unpaired) electrons. The monoisotopic (exact) mass is 389 g/mol. The van der Waals surface area contributed by atoms with Crippen LogP contribution in [0.2, 0.25) is 0 Å². The van der Waals surface area contributed by atoms with Crippen LogP contribution in [0.1, 0.15) is 62.5 Å². The highest BCUT2D eigenvalue weighted by atomic mass is 16.4. The van der Waals surface area contributed by atoms with E-state index in [9.17, 15) is 9.90 Å². The zero-order chi connectivity index (χ0) is 20.1. The zero-order valence-corrected chi connectivity index (χ0v) is 17.1. The van der Waals surface area contributed by atoms with Gasteiger partial charge in [-0.3, -0.25) is 9.79 Å². The van der Waals surface area contributed by atoms with Gasteiger partial charge in [-0.25, -0.2) is 0 Å². The number of allylic oxidation sites excluding steroid dienone is 5. The Bertz CT molecular complexity index is 851. The minimum atomic E-state index is -0.800. The molecule has 4 rings (SSSR count). The molecule has 3 aliphatic rings. The third-order valence-corrected chi connectivity index (χ3v) is 6.60. The summed E-state index contributed by atoms with van der Waals surface area (Å²) in [7, 11) is 0. The second kappa shape index (κ2) is 9.39. The summed E-state index contributed by atoms with van der Waals surface area (Å²) >= 11 is 0. The van der Waals surface area contributed by atoms with Crippen molar-refractivity contribution in [3.05, 3.63) is 64.8 Å². The van der Waals surface area contributed by atoms with E-state index in [1.54, 1.807) is 6.21 Å². The molecule has 0 bridgehead atoms. The Morgan fingerprint density at radius 3 is 2.62 bits per heavy atom. The summed E-state index contributed by atoms with van der Waals surface area (Å²) < 4.78 is 0. The maximum atomic E-state index is 11.3. The molecule has 1 aliphatic heterocycles. The number of nitrogens with zero attached hydrogens (tertiary/aromatic N) is 1. The number of carboxylic acid groups (broad SMARTS) is 1. The third-order valence-electron chi connectivity index (χ3n) is 6.60. The first-order chi connectivity index (χ1) is 14.2. The predicted molar refractivity (Wildman–Crippen MR) is 119 cm³/mol. The first kappa shape index (κ1) is 19.9. The van der Waals surface area contributed by atoms with Crippen LogP contribution in [0, 0.1) is 11.8 Å². The molecular weight excluding hydrogens is 358 g/mol. The predicted octanol–water partition coefficient (Wildman–Crippen LogP) is 6.01. The van der Waals surface area contributed by atoms with Gasteiger partial charge in [0.05, 0.1) is 6.42 Å². The van der Waals surface area contributed by atoms with E-state index >= 15 is 0 Å². The average molecular weight is 390 g/mol. The van der Waals surface area contributed by atoms with Gasteiger partial charge in [-0.1, -0.05) is 74.6 Å². The van der Waals surface area contributed by atoms with Crippen molar-refractivity contribution in [1.29, 1.82) is 0 Å². The summed E-state index contributed by atoms with van der Waals surface area (Å²) in [4.78, 5) is 15.7. The van der Waals surface area contributed by atoms with Crippen LogP contribution in [0.4, 0.5) is 0 Å². The highest BCUT2D eigenvalue weighted by Crippen LogP contribution is 2.34. The van der Waals surface area contributed by atoms with Gasteiger partial charge in [0.1, 0.15) is 0 Å². The summed E-state index contributed by atoms with van der Waals surface area (Å²) in [5.74, 6) is 0.387. The largest absolute Gasteiger partial charge is 0.481 e. The zero-order valence-electron chi connectivity index (χ0n) is 17.1. The Labute approximate surface area is 173 Å². The minimum Gasteiger partial charge on any atom is -0.481 e. The van der Waals surface area contributed by atoms with Crippen molar-refractivity contribution in [2.24, 2.45) is 16.8 Å². The Morgan fingerprint density at radius 2 is 1.86 bits per heavy atom. The summed E-state index contributed by atoms with van der Waals surface area (Å²) in [6.07, 6.45) is 18.9. The number of fused-ring (bicyclic) bond motifs is 1. The smallest absolute Gasteiger partial charge is 0.307 e. The lowest BCUT2D eigenvalue weighted by atomic mass is 9.83. The molecule has 0 saturated heterocycles. The first-order valence-electron chi connectivity index (χ1n) is 11.1. The van der Waals surface area contributed by atoms with Gasteiger partial charge < -0.3 is 5.11 Å². The van der Waals surface area contributed by atoms with Crippen LogP contribution >= 0.6 is 0 Å². The van der Waals surface area contributed by atoms with Gasteiger partial charge in [0.15, 0.2) is 0 Å². The highest BCUT2D eigenvalue weighted by molar-refractivity contribution is 5.90. The molecule has 3 nitrogen and oxygen atoms in total. The number of rotatable bonds is 6. The summed E-state index contributed by atoms with van der Waals surface area (Å²) in [5, 5.41) is 9.27. The number of aliphatic imine (C=N–C) groups is 1. The topological polar surface area (TPSA) is 49.7 Å². The van der Waals surface area contributed by atoms with Crippen molar-refractivity contribution in [2.45, 2.75) is 57.8 Å². The van der Waals surface area contributed by atoms with Gasteiger partial charge in [-0.15, -0.1) is 0 Å². The molecule has 1 fully saturated rings. The Hall–Kier alpha value is -2.42. The maximum Gasteiger partial charge on any atom is 0.307 e. The molecule has 3 heteroatoms. The fourth-order valence-corrected chi connectivity index (χ4v) is 4.89. The molecule has 0 spiro atoms. The molecule has 1 aromatic carbocycles. The van der Waals surface area contributed by atoms with Crippen molar-refractivity contribution in [3.63, 3.8) is 0 Å². The molecule has 1 atom stereocenters. The number of hydrogen-bond donors (Lipinski definition) is 1. The second-order valence-corrected chi connectivity index (χ2v) is 8.68. The van der Waals surface area contributed by atoms with E-state index < -0.39 is 5.97 Å². The Balaban J connectivity index is 1.48. The second-order valence-electron chi connectivity index (χ2n) is 8.68. The molecule has 29 heavy (non-hydrogen) atoms. The van der Waals surface area contributed by atoms with Crippen LogP contribution in [0.25, 0.3) is 5.57 Å². The van der Waals surface area contributed by atoms with Crippen LogP contribution in [0.5, 0.6) is 0 Å². The molecule has 2 aliphatic carbocycles. The quantitative estimate of drug-likeness (QED) is 0.647. The van der Waals surface area contributed by atoms with Gasteiger partial charge in [-0.2, -0.15) is 0 Å². The number of aliphatic carboxylic acids is 1. The molecule has 1 heterocycles. The molecule has 0 amide bonds. The number of hydrogen-bond acceptors (Lipinski definition) is 2. The van der Waals surface area contributed by atoms with Crippen LogP contribution in [-0.2, 0) is 11.2 Å². The van der Waals surface area contributed by atoms with Gasteiger partial charge in [0.2, 0.25) is 0 Å². The molecule has 1 unspecified atom stereocenters. The van der Waals surface area contributed by atoms with E-state index in [0.717, 1.165) is 35.6 Å². The fourth-order valence-electron chi connectivity index (χ4n) is 4.89. The highest BCUT2D eigenvalue weighted by Gasteiger charge is 2.21. The van der Waals surface area contributed by atoms with Gasteiger partial charge in [0, 0.05) is 18.7 Å². The number of aryl methyl sites for hydroxylation is 1. The lowest BCUT2D eigenvalue weighted by Crippen LogP contribution is -2.09. The van der Waals surface area contributed by atoms with Gasteiger partial charge in [-0.05, 0) is 53.0 Å². The van der Waals surface area contributed by atoms with Crippen LogP contribution in [0.3, 0.4) is 0 Å². The Morgan fingerprint density at radius 1 is 1.07 bits per heavy atom. The van der Waals surface area contributed by atoms with E-state index in [2.05, 4.69) is 47.5 Å². The molecule has 1 N–H and O–H groups in total. The molecule has 0 aromatic heterocycles. The Kier molecular flexibility index (Phi) is 6.43. The van der Waals surface area contributed by atoms with Gasteiger partial charge in [0.25, 0.3) is 0 Å². The van der Waals surface area contributed by atoms with E-state index in [1.807, 2.05) is 0 Å². The van der Waals surface area contributed by atoms with Crippen molar-refractivity contribution >= 4 is 17.8 Å². The van der Waals surface area contributed by atoms with Gasteiger partial charge >= 0.3 is 5.97 Å². The summed E-state index contributed by atoms with van der Waals surface area (Å²) in [5.41, 5.74) is 5.74.